The fraction of sp³-hybridized carbons (Fsp3) is 0.238. The van der Waals surface area contributed by atoms with Crippen molar-refractivity contribution < 1.29 is 24.9 Å². The van der Waals surface area contributed by atoms with Crippen LogP contribution in [-0.2, 0) is 16.8 Å². The molecule has 6 heteroatoms. The van der Waals surface area contributed by atoms with E-state index in [1.165, 1.54) is 19.1 Å². The molecular formula is C21H21NO5. The number of aromatic nitrogens is 1. The minimum Gasteiger partial charge on any atom is -0.508 e. The van der Waals surface area contributed by atoms with E-state index in [1.54, 1.807) is 37.3 Å². The smallest absolute Gasteiger partial charge is 0.338 e. The third kappa shape index (κ3) is 2.65. The summed E-state index contributed by atoms with van der Waals surface area (Å²) < 4.78 is 1.87. The Morgan fingerprint density at radius 3 is 2.33 bits per heavy atom. The molecule has 1 aromatic heterocycles. The van der Waals surface area contributed by atoms with Gasteiger partial charge >= 0.3 is 11.9 Å². The van der Waals surface area contributed by atoms with Crippen LogP contribution in [0.3, 0.4) is 0 Å². The van der Waals surface area contributed by atoms with Gasteiger partial charge in [-0.1, -0.05) is 24.3 Å². The number of aromatic hydroxyl groups is 1. The van der Waals surface area contributed by atoms with Crippen molar-refractivity contribution in [3.63, 3.8) is 0 Å². The normalized spacial score (nSPS) is 13.4. The second-order valence-corrected chi connectivity index (χ2v) is 6.69. The van der Waals surface area contributed by atoms with Crippen LogP contribution in [0, 0.1) is 6.92 Å². The molecule has 6 nitrogen and oxygen atoms in total. The fourth-order valence-corrected chi connectivity index (χ4v) is 3.82. The molecule has 0 radical (unpaired) electrons. The van der Waals surface area contributed by atoms with Crippen LogP contribution in [-0.4, -0.2) is 31.8 Å². The minimum atomic E-state index is -1.53. The summed E-state index contributed by atoms with van der Waals surface area (Å²) >= 11 is 0. The number of carbonyl (C=O) groups is 2. The monoisotopic (exact) mass is 367 g/mol. The van der Waals surface area contributed by atoms with Crippen molar-refractivity contribution in [3.8, 4) is 5.75 Å². The number of rotatable bonds is 5. The number of fused-ring (bicyclic) bond motifs is 1. The summed E-state index contributed by atoms with van der Waals surface area (Å²) in [6.07, 6.45) is 0. The van der Waals surface area contributed by atoms with Crippen molar-refractivity contribution in [1.29, 1.82) is 0 Å². The summed E-state index contributed by atoms with van der Waals surface area (Å²) in [6.45, 7) is 5.73. The van der Waals surface area contributed by atoms with Crippen molar-refractivity contribution in [3.05, 3.63) is 64.8 Å². The average Bonchev–Trinajstić information content (AvgIpc) is 2.91. The molecule has 1 heterocycles. The van der Waals surface area contributed by atoms with E-state index in [1.807, 2.05) is 11.5 Å². The van der Waals surface area contributed by atoms with Crippen LogP contribution in [0.5, 0.6) is 5.75 Å². The molecule has 0 spiro atoms. The molecule has 140 valence electrons. The van der Waals surface area contributed by atoms with Crippen molar-refractivity contribution in [2.75, 3.05) is 0 Å². The molecule has 0 aliphatic carbocycles. The van der Waals surface area contributed by atoms with Gasteiger partial charge in [0.05, 0.1) is 5.56 Å². The van der Waals surface area contributed by atoms with E-state index in [0.717, 1.165) is 0 Å². The number of aryl methyl sites for hydroxylation is 1. The van der Waals surface area contributed by atoms with Gasteiger partial charge in [-0.15, -0.1) is 0 Å². The first kappa shape index (κ1) is 18.5. The predicted octanol–water partition coefficient (Wildman–Crippen LogP) is 3.76. The lowest BCUT2D eigenvalue weighted by Gasteiger charge is -2.27. The van der Waals surface area contributed by atoms with E-state index in [0.29, 0.717) is 34.3 Å². The zero-order valence-corrected chi connectivity index (χ0v) is 15.4. The number of nitrogens with zero attached hydrogens (tertiary/aromatic N) is 1. The molecule has 0 bridgehead atoms. The standard InChI is InChI=1S/C21H21NO5/c1-4-22-12(2)17(19(24)25)18-15(9-6-10-16(18)22)21(3,20(26)27)13-7-5-8-14(23)11-13/h5-11,23H,4H2,1-3H3,(H,24,25)(H,26,27). The molecule has 0 saturated carbocycles. The molecular weight excluding hydrogens is 346 g/mol. The summed E-state index contributed by atoms with van der Waals surface area (Å²) in [5.74, 6) is -2.27. The Kier molecular flexibility index (Phi) is 4.43. The van der Waals surface area contributed by atoms with Crippen LogP contribution >= 0.6 is 0 Å². The third-order valence-electron chi connectivity index (χ3n) is 5.27. The lowest BCUT2D eigenvalue weighted by atomic mass is 9.74. The van der Waals surface area contributed by atoms with Gasteiger partial charge < -0.3 is 19.9 Å². The van der Waals surface area contributed by atoms with Gasteiger partial charge in [0.25, 0.3) is 0 Å². The summed E-state index contributed by atoms with van der Waals surface area (Å²) in [7, 11) is 0. The zero-order valence-electron chi connectivity index (χ0n) is 15.4. The van der Waals surface area contributed by atoms with Gasteiger partial charge in [-0.2, -0.15) is 0 Å². The number of hydrogen-bond acceptors (Lipinski definition) is 3. The molecule has 2 aromatic carbocycles. The number of hydrogen-bond donors (Lipinski definition) is 3. The summed E-state index contributed by atoms with van der Waals surface area (Å²) in [4.78, 5) is 24.4. The molecule has 3 aromatic rings. The van der Waals surface area contributed by atoms with Crippen molar-refractivity contribution in [2.45, 2.75) is 32.7 Å². The number of carboxylic acids is 2. The van der Waals surface area contributed by atoms with Crippen LogP contribution in [0.4, 0.5) is 0 Å². The van der Waals surface area contributed by atoms with E-state index < -0.39 is 17.4 Å². The van der Waals surface area contributed by atoms with Crippen molar-refractivity contribution in [2.24, 2.45) is 0 Å². The zero-order chi connectivity index (χ0) is 19.9. The third-order valence-corrected chi connectivity index (χ3v) is 5.27. The van der Waals surface area contributed by atoms with Gasteiger partial charge in [0.2, 0.25) is 0 Å². The number of aliphatic carboxylic acids is 1. The molecule has 27 heavy (non-hydrogen) atoms. The summed E-state index contributed by atoms with van der Waals surface area (Å²) in [5.41, 5.74) is 0.588. The van der Waals surface area contributed by atoms with Crippen LogP contribution in [0.15, 0.2) is 42.5 Å². The predicted molar refractivity (Wildman–Crippen MR) is 102 cm³/mol. The van der Waals surface area contributed by atoms with Gasteiger partial charge in [0, 0.05) is 23.1 Å². The highest BCUT2D eigenvalue weighted by Gasteiger charge is 2.40. The maximum Gasteiger partial charge on any atom is 0.338 e. The van der Waals surface area contributed by atoms with E-state index in [9.17, 15) is 24.9 Å². The van der Waals surface area contributed by atoms with Crippen molar-refractivity contribution >= 4 is 22.8 Å². The molecule has 0 aliphatic rings. The Balaban J connectivity index is 2.48. The fourth-order valence-electron chi connectivity index (χ4n) is 3.82. The molecule has 0 saturated heterocycles. The first-order valence-electron chi connectivity index (χ1n) is 8.62. The summed E-state index contributed by atoms with van der Waals surface area (Å²) in [5, 5.41) is 30.2. The van der Waals surface area contributed by atoms with Crippen LogP contribution < -0.4 is 0 Å². The quantitative estimate of drug-likeness (QED) is 0.637. The number of phenolic OH excluding ortho intramolecular Hbond substituents is 1. The Bertz CT molecular complexity index is 1070. The SMILES string of the molecule is CCn1c(C)c(C(=O)O)c2c(C(C)(C(=O)O)c3cccc(O)c3)cccc21. The molecule has 1 unspecified atom stereocenters. The number of carboxylic acid groups (broad SMARTS) is 2. The molecule has 3 rings (SSSR count). The van der Waals surface area contributed by atoms with Gasteiger partial charge in [-0.25, -0.2) is 4.79 Å². The van der Waals surface area contributed by atoms with E-state index in [2.05, 4.69) is 0 Å². The van der Waals surface area contributed by atoms with Gasteiger partial charge in [-0.3, -0.25) is 4.79 Å². The van der Waals surface area contributed by atoms with Gasteiger partial charge in [-0.05, 0) is 50.1 Å². The van der Waals surface area contributed by atoms with Crippen molar-refractivity contribution in [1.82, 2.24) is 4.57 Å². The van der Waals surface area contributed by atoms with Crippen LogP contribution in [0.2, 0.25) is 0 Å². The largest absolute Gasteiger partial charge is 0.508 e. The van der Waals surface area contributed by atoms with E-state index in [-0.39, 0.29) is 11.3 Å². The Morgan fingerprint density at radius 1 is 1.11 bits per heavy atom. The lowest BCUT2D eigenvalue weighted by Crippen LogP contribution is -2.34. The maximum atomic E-state index is 12.4. The lowest BCUT2D eigenvalue weighted by molar-refractivity contribution is -0.141. The van der Waals surface area contributed by atoms with Gasteiger partial charge in [0.15, 0.2) is 0 Å². The van der Waals surface area contributed by atoms with Gasteiger partial charge in [0.1, 0.15) is 11.2 Å². The topological polar surface area (TPSA) is 99.8 Å². The second kappa shape index (κ2) is 6.46. The number of benzene rings is 2. The average molecular weight is 367 g/mol. The van der Waals surface area contributed by atoms with E-state index in [4.69, 9.17) is 0 Å². The molecule has 0 aliphatic heterocycles. The molecule has 0 amide bonds. The summed E-state index contributed by atoms with van der Waals surface area (Å²) in [6, 6.07) is 11.2. The minimum absolute atomic E-state index is 0.0482. The number of aromatic carboxylic acids is 1. The Labute approximate surface area is 156 Å². The highest BCUT2D eigenvalue weighted by atomic mass is 16.4. The first-order valence-corrected chi connectivity index (χ1v) is 8.62. The molecule has 1 atom stereocenters. The second-order valence-electron chi connectivity index (χ2n) is 6.69. The van der Waals surface area contributed by atoms with E-state index >= 15 is 0 Å². The van der Waals surface area contributed by atoms with Crippen LogP contribution in [0.25, 0.3) is 10.9 Å². The highest BCUT2D eigenvalue weighted by molar-refractivity contribution is 6.08. The maximum absolute atomic E-state index is 12.4. The Hall–Kier alpha value is -3.28. The Morgan fingerprint density at radius 2 is 1.78 bits per heavy atom. The van der Waals surface area contributed by atoms with Crippen LogP contribution in [0.1, 0.15) is 41.0 Å². The molecule has 0 fully saturated rings. The molecule has 3 N–H and O–H groups in total. The number of phenols is 1. The first-order chi connectivity index (χ1) is 12.7. The highest BCUT2D eigenvalue weighted by Crippen LogP contribution is 2.40.